The third kappa shape index (κ3) is 4.38. The first-order chi connectivity index (χ1) is 11.9. The van der Waals surface area contributed by atoms with Crippen molar-refractivity contribution in [3.05, 3.63) is 46.1 Å². The number of halogens is 3. The summed E-state index contributed by atoms with van der Waals surface area (Å²) in [7, 11) is 0. The Morgan fingerprint density at radius 1 is 1.24 bits per heavy atom. The molecule has 1 N–H and O–H groups in total. The van der Waals surface area contributed by atoms with Crippen LogP contribution in [0.3, 0.4) is 0 Å². The highest BCUT2D eigenvalue weighted by Crippen LogP contribution is 2.25. The zero-order chi connectivity index (χ0) is 18.0. The average Bonchev–Trinajstić information content (AvgIpc) is 2.57. The molecule has 0 saturated carbocycles. The Balaban J connectivity index is 1.59. The van der Waals surface area contributed by atoms with Gasteiger partial charge in [0.25, 0.3) is 0 Å². The van der Waals surface area contributed by atoms with Crippen LogP contribution in [0.4, 0.5) is 15.9 Å². The van der Waals surface area contributed by atoms with Gasteiger partial charge in [0.2, 0.25) is 5.91 Å². The summed E-state index contributed by atoms with van der Waals surface area (Å²) in [6.07, 6.45) is 1.39. The first kappa shape index (κ1) is 17.9. The van der Waals surface area contributed by atoms with Gasteiger partial charge < -0.3 is 10.2 Å². The standard InChI is InChI=1S/C17H17Cl2FN4O/c1-10-21-15(19)9-16(22-10)24-6-4-11(5-7-24)17(25)23-12-2-3-14(20)13(18)8-12/h2-3,8-9,11H,4-7H2,1H3,(H,23,25). The van der Waals surface area contributed by atoms with Gasteiger partial charge in [0.15, 0.2) is 0 Å². The summed E-state index contributed by atoms with van der Waals surface area (Å²) < 4.78 is 13.2. The molecule has 0 atom stereocenters. The van der Waals surface area contributed by atoms with Crippen molar-refractivity contribution in [2.75, 3.05) is 23.3 Å². The fourth-order valence-corrected chi connectivity index (χ4v) is 3.27. The van der Waals surface area contributed by atoms with Gasteiger partial charge in [-0.2, -0.15) is 0 Å². The fourth-order valence-electron chi connectivity index (χ4n) is 2.87. The quantitative estimate of drug-likeness (QED) is 0.812. The summed E-state index contributed by atoms with van der Waals surface area (Å²) in [4.78, 5) is 22.9. The number of rotatable bonds is 3. The lowest BCUT2D eigenvalue weighted by Gasteiger charge is -2.32. The molecule has 3 rings (SSSR count). The van der Waals surface area contributed by atoms with Crippen molar-refractivity contribution >= 4 is 40.6 Å². The van der Waals surface area contributed by atoms with Gasteiger partial charge in [-0.15, -0.1) is 0 Å². The van der Waals surface area contributed by atoms with Crippen molar-refractivity contribution in [1.29, 1.82) is 0 Å². The lowest BCUT2D eigenvalue weighted by Crippen LogP contribution is -2.38. The lowest BCUT2D eigenvalue weighted by molar-refractivity contribution is -0.120. The summed E-state index contributed by atoms with van der Waals surface area (Å²) in [5.74, 6) is 0.696. The summed E-state index contributed by atoms with van der Waals surface area (Å²) in [5, 5.41) is 3.20. The maximum absolute atomic E-state index is 13.2. The van der Waals surface area contributed by atoms with Crippen LogP contribution in [0, 0.1) is 18.7 Å². The molecule has 2 heterocycles. The number of aromatic nitrogens is 2. The van der Waals surface area contributed by atoms with E-state index in [0.29, 0.717) is 42.6 Å². The molecule has 1 amide bonds. The lowest BCUT2D eigenvalue weighted by atomic mass is 9.96. The maximum Gasteiger partial charge on any atom is 0.227 e. The van der Waals surface area contributed by atoms with E-state index in [0.717, 1.165) is 5.82 Å². The number of carbonyl (C=O) groups excluding carboxylic acids is 1. The van der Waals surface area contributed by atoms with Crippen LogP contribution in [0.15, 0.2) is 24.3 Å². The monoisotopic (exact) mass is 382 g/mol. The number of benzene rings is 1. The van der Waals surface area contributed by atoms with Crippen LogP contribution in [-0.4, -0.2) is 29.0 Å². The van der Waals surface area contributed by atoms with Gasteiger partial charge in [0.1, 0.15) is 22.6 Å². The maximum atomic E-state index is 13.2. The Bertz CT molecular complexity index is 774. The van der Waals surface area contributed by atoms with Crippen LogP contribution in [0.5, 0.6) is 0 Å². The van der Waals surface area contributed by atoms with Crippen LogP contribution < -0.4 is 10.2 Å². The Labute approximate surface area is 155 Å². The molecular weight excluding hydrogens is 366 g/mol. The van der Waals surface area contributed by atoms with Gasteiger partial charge in [0, 0.05) is 30.8 Å². The van der Waals surface area contributed by atoms with E-state index >= 15 is 0 Å². The Morgan fingerprint density at radius 3 is 2.60 bits per heavy atom. The Morgan fingerprint density at radius 2 is 1.96 bits per heavy atom. The first-order valence-electron chi connectivity index (χ1n) is 7.94. The first-order valence-corrected chi connectivity index (χ1v) is 8.70. The predicted octanol–water partition coefficient (Wildman–Crippen LogP) is 4.09. The molecule has 0 unspecified atom stereocenters. The zero-order valence-electron chi connectivity index (χ0n) is 13.6. The molecule has 1 aromatic carbocycles. The molecule has 1 saturated heterocycles. The van der Waals surface area contributed by atoms with E-state index in [1.54, 1.807) is 13.0 Å². The molecule has 1 aliphatic heterocycles. The number of hydrogen-bond donors (Lipinski definition) is 1. The summed E-state index contributed by atoms with van der Waals surface area (Å²) in [6.45, 7) is 3.20. The van der Waals surface area contributed by atoms with Gasteiger partial charge in [-0.1, -0.05) is 23.2 Å². The molecule has 0 aliphatic carbocycles. The summed E-state index contributed by atoms with van der Waals surface area (Å²) in [6, 6.07) is 5.88. The van der Waals surface area contributed by atoms with E-state index in [4.69, 9.17) is 23.2 Å². The SMILES string of the molecule is Cc1nc(Cl)cc(N2CCC(C(=O)Nc3ccc(F)c(Cl)c3)CC2)n1. The second-order valence-electron chi connectivity index (χ2n) is 5.98. The van der Waals surface area contributed by atoms with Crippen LogP contribution in [0.1, 0.15) is 18.7 Å². The van der Waals surface area contributed by atoms with E-state index < -0.39 is 5.82 Å². The molecular formula is C17H17Cl2FN4O. The van der Waals surface area contributed by atoms with Crippen molar-refractivity contribution in [1.82, 2.24) is 9.97 Å². The normalized spacial score (nSPS) is 15.3. The van der Waals surface area contributed by atoms with Crippen molar-refractivity contribution in [3.8, 4) is 0 Å². The third-order valence-corrected chi connectivity index (χ3v) is 4.65. The van der Waals surface area contributed by atoms with Crippen LogP contribution in [0.25, 0.3) is 0 Å². The van der Waals surface area contributed by atoms with Crippen LogP contribution >= 0.6 is 23.2 Å². The molecule has 8 heteroatoms. The molecule has 2 aromatic rings. The number of hydrogen-bond acceptors (Lipinski definition) is 4. The predicted molar refractivity (Wildman–Crippen MR) is 96.8 cm³/mol. The number of amides is 1. The van der Waals surface area contributed by atoms with Crippen molar-refractivity contribution in [2.24, 2.45) is 5.92 Å². The van der Waals surface area contributed by atoms with E-state index in [1.165, 1.54) is 18.2 Å². The number of nitrogens with one attached hydrogen (secondary N) is 1. The van der Waals surface area contributed by atoms with E-state index in [-0.39, 0.29) is 16.8 Å². The smallest absolute Gasteiger partial charge is 0.227 e. The fraction of sp³-hybridized carbons (Fsp3) is 0.353. The molecule has 1 aromatic heterocycles. The number of anilines is 2. The highest BCUT2D eigenvalue weighted by molar-refractivity contribution is 6.31. The van der Waals surface area contributed by atoms with Crippen molar-refractivity contribution in [3.63, 3.8) is 0 Å². The van der Waals surface area contributed by atoms with Gasteiger partial charge in [-0.25, -0.2) is 14.4 Å². The van der Waals surface area contributed by atoms with E-state index in [2.05, 4.69) is 20.2 Å². The minimum Gasteiger partial charge on any atom is -0.356 e. The van der Waals surface area contributed by atoms with Gasteiger partial charge in [-0.05, 0) is 38.0 Å². The zero-order valence-corrected chi connectivity index (χ0v) is 15.1. The molecule has 1 fully saturated rings. The summed E-state index contributed by atoms with van der Waals surface area (Å²) in [5.41, 5.74) is 0.497. The van der Waals surface area contributed by atoms with Gasteiger partial charge >= 0.3 is 0 Å². The van der Waals surface area contributed by atoms with Crippen LogP contribution in [-0.2, 0) is 4.79 Å². The van der Waals surface area contributed by atoms with Gasteiger partial charge in [0.05, 0.1) is 5.02 Å². The highest BCUT2D eigenvalue weighted by Gasteiger charge is 2.26. The second kappa shape index (κ2) is 7.54. The highest BCUT2D eigenvalue weighted by atomic mass is 35.5. The molecule has 25 heavy (non-hydrogen) atoms. The van der Waals surface area contributed by atoms with Crippen molar-refractivity contribution < 1.29 is 9.18 Å². The Hall–Kier alpha value is -1.92. The average molecular weight is 383 g/mol. The molecule has 0 bridgehead atoms. The minimum absolute atomic E-state index is 0.0105. The van der Waals surface area contributed by atoms with Crippen molar-refractivity contribution in [2.45, 2.75) is 19.8 Å². The number of nitrogens with zero attached hydrogens (tertiary/aromatic N) is 3. The minimum atomic E-state index is -0.508. The van der Waals surface area contributed by atoms with Gasteiger partial charge in [-0.3, -0.25) is 4.79 Å². The topological polar surface area (TPSA) is 58.1 Å². The molecule has 0 spiro atoms. The molecule has 132 valence electrons. The number of aryl methyl sites for hydroxylation is 1. The molecule has 1 aliphatic rings. The largest absolute Gasteiger partial charge is 0.356 e. The molecule has 0 radical (unpaired) electrons. The Kier molecular flexibility index (Phi) is 5.39. The molecule has 5 nitrogen and oxygen atoms in total. The van der Waals surface area contributed by atoms with E-state index in [9.17, 15) is 9.18 Å². The summed E-state index contributed by atoms with van der Waals surface area (Å²) >= 11 is 11.7. The third-order valence-electron chi connectivity index (χ3n) is 4.17. The number of piperidine rings is 1. The van der Waals surface area contributed by atoms with Crippen LogP contribution in [0.2, 0.25) is 10.2 Å². The number of carbonyl (C=O) groups is 1. The van der Waals surface area contributed by atoms with E-state index in [1.807, 2.05) is 0 Å². The second-order valence-corrected chi connectivity index (χ2v) is 6.77.